The summed E-state index contributed by atoms with van der Waals surface area (Å²) in [4.78, 5) is 16.6. The molecule has 1 heterocycles. The van der Waals surface area contributed by atoms with Crippen molar-refractivity contribution in [3.63, 3.8) is 0 Å². The molecule has 0 aromatic heterocycles. The monoisotopic (exact) mass is 345 g/mol. The summed E-state index contributed by atoms with van der Waals surface area (Å²) in [5.41, 5.74) is 1.23. The average molecular weight is 345 g/mol. The molecule has 5 nitrogen and oxygen atoms in total. The SMILES string of the molecule is COCCCNCCC(=O)N1CCN(C/C=C/c2ccccc2)CC1. The number of ether oxygens (including phenoxy) is 1. The van der Waals surface area contributed by atoms with Crippen molar-refractivity contribution in [2.45, 2.75) is 12.8 Å². The second kappa shape index (κ2) is 11.8. The highest BCUT2D eigenvalue weighted by molar-refractivity contribution is 5.76. The van der Waals surface area contributed by atoms with Crippen LogP contribution < -0.4 is 5.32 Å². The van der Waals surface area contributed by atoms with E-state index < -0.39 is 0 Å². The van der Waals surface area contributed by atoms with Gasteiger partial charge in [-0.2, -0.15) is 0 Å². The van der Waals surface area contributed by atoms with E-state index in [9.17, 15) is 4.79 Å². The molecule has 1 aliphatic heterocycles. The number of amides is 1. The maximum Gasteiger partial charge on any atom is 0.223 e. The third-order valence-electron chi connectivity index (χ3n) is 4.42. The van der Waals surface area contributed by atoms with Gasteiger partial charge in [-0.05, 0) is 18.5 Å². The van der Waals surface area contributed by atoms with E-state index in [1.807, 2.05) is 11.0 Å². The van der Waals surface area contributed by atoms with Gasteiger partial charge in [0.2, 0.25) is 5.91 Å². The second-order valence-electron chi connectivity index (χ2n) is 6.34. The van der Waals surface area contributed by atoms with Crippen LogP contribution in [-0.2, 0) is 9.53 Å². The predicted octanol–water partition coefficient (Wildman–Crippen LogP) is 1.86. The van der Waals surface area contributed by atoms with Crippen molar-refractivity contribution in [1.82, 2.24) is 15.1 Å². The maximum atomic E-state index is 12.2. The second-order valence-corrected chi connectivity index (χ2v) is 6.34. The van der Waals surface area contributed by atoms with Crippen LogP contribution in [0, 0.1) is 0 Å². The van der Waals surface area contributed by atoms with E-state index in [2.05, 4.69) is 46.6 Å². The van der Waals surface area contributed by atoms with Crippen molar-refractivity contribution < 1.29 is 9.53 Å². The summed E-state index contributed by atoms with van der Waals surface area (Å²) in [6, 6.07) is 10.3. The lowest BCUT2D eigenvalue weighted by molar-refractivity contribution is -0.132. The van der Waals surface area contributed by atoms with Gasteiger partial charge in [0.25, 0.3) is 0 Å². The topological polar surface area (TPSA) is 44.8 Å². The van der Waals surface area contributed by atoms with Crippen LogP contribution in [0.1, 0.15) is 18.4 Å². The molecule has 1 amide bonds. The van der Waals surface area contributed by atoms with Gasteiger partial charge in [-0.3, -0.25) is 9.69 Å². The molecule has 25 heavy (non-hydrogen) atoms. The van der Waals surface area contributed by atoms with Gasteiger partial charge in [0.05, 0.1) is 0 Å². The molecule has 0 radical (unpaired) electrons. The van der Waals surface area contributed by atoms with Crippen LogP contribution >= 0.6 is 0 Å². The zero-order valence-electron chi connectivity index (χ0n) is 15.3. The Bertz CT molecular complexity index is 511. The van der Waals surface area contributed by atoms with Crippen molar-refractivity contribution in [1.29, 1.82) is 0 Å². The number of benzene rings is 1. The normalized spacial score (nSPS) is 15.8. The summed E-state index contributed by atoms with van der Waals surface area (Å²) in [5.74, 6) is 0.263. The van der Waals surface area contributed by atoms with E-state index >= 15 is 0 Å². The molecule has 0 saturated carbocycles. The molecule has 0 bridgehead atoms. The highest BCUT2D eigenvalue weighted by Crippen LogP contribution is 2.05. The lowest BCUT2D eigenvalue weighted by atomic mass is 10.2. The van der Waals surface area contributed by atoms with E-state index in [0.29, 0.717) is 6.42 Å². The molecule has 0 atom stereocenters. The van der Waals surface area contributed by atoms with Gasteiger partial charge < -0.3 is 15.0 Å². The Balaban J connectivity index is 1.57. The fourth-order valence-corrected chi connectivity index (χ4v) is 2.90. The van der Waals surface area contributed by atoms with Gasteiger partial charge in [0.1, 0.15) is 0 Å². The molecular formula is C20H31N3O2. The maximum absolute atomic E-state index is 12.2. The molecule has 0 aliphatic carbocycles. The molecule has 2 rings (SSSR count). The Morgan fingerprint density at radius 3 is 2.64 bits per heavy atom. The fourth-order valence-electron chi connectivity index (χ4n) is 2.90. The summed E-state index contributed by atoms with van der Waals surface area (Å²) < 4.78 is 5.00. The third kappa shape index (κ3) is 7.82. The molecule has 1 N–H and O–H groups in total. The van der Waals surface area contributed by atoms with Crippen LogP contribution in [0.2, 0.25) is 0 Å². The van der Waals surface area contributed by atoms with Gasteiger partial charge >= 0.3 is 0 Å². The molecule has 5 heteroatoms. The van der Waals surface area contributed by atoms with Crippen LogP contribution in [0.25, 0.3) is 6.08 Å². The summed E-state index contributed by atoms with van der Waals surface area (Å²) in [5, 5.41) is 3.30. The van der Waals surface area contributed by atoms with Gasteiger partial charge in [0, 0.05) is 59.4 Å². The summed E-state index contributed by atoms with van der Waals surface area (Å²) in [6.45, 7) is 6.94. The van der Waals surface area contributed by atoms with Crippen LogP contribution in [0.4, 0.5) is 0 Å². The number of carbonyl (C=O) groups is 1. The van der Waals surface area contributed by atoms with Crippen LogP contribution in [0.5, 0.6) is 0 Å². The van der Waals surface area contributed by atoms with E-state index in [0.717, 1.165) is 58.8 Å². The number of nitrogens with one attached hydrogen (secondary N) is 1. The van der Waals surface area contributed by atoms with Crippen LogP contribution in [-0.4, -0.2) is 75.2 Å². The summed E-state index contributed by atoms with van der Waals surface area (Å²) in [6.07, 6.45) is 5.93. The van der Waals surface area contributed by atoms with Gasteiger partial charge in [-0.1, -0.05) is 42.5 Å². The molecular weight excluding hydrogens is 314 g/mol. The smallest absolute Gasteiger partial charge is 0.223 e. The first-order valence-corrected chi connectivity index (χ1v) is 9.21. The molecule has 1 saturated heterocycles. The molecule has 0 spiro atoms. The van der Waals surface area contributed by atoms with E-state index in [1.165, 1.54) is 5.56 Å². The highest BCUT2D eigenvalue weighted by atomic mass is 16.5. The number of carbonyl (C=O) groups excluding carboxylic acids is 1. The van der Waals surface area contributed by atoms with Crippen molar-refractivity contribution in [2.75, 3.05) is 59.5 Å². The van der Waals surface area contributed by atoms with E-state index in [-0.39, 0.29) is 5.91 Å². The Kier molecular flexibility index (Phi) is 9.26. The van der Waals surface area contributed by atoms with Crippen LogP contribution in [0.3, 0.4) is 0 Å². The Morgan fingerprint density at radius 2 is 1.92 bits per heavy atom. The predicted molar refractivity (Wildman–Crippen MR) is 102 cm³/mol. The molecule has 1 aromatic rings. The summed E-state index contributed by atoms with van der Waals surface area (Å²) >= 11 is 0. The van der Waals surface area contributed by atoms with Crippen molar-refractivity contribution in [2.24, 2.45) is 0 Å². The van der Waals surface area contributed by atoms with Gasteiger partial charge in [-0.25, -0.2) is 0 Å². The minimum absolute atomic E-state index is 0.263. The fraction of sp³-hybridized carbons (Fsp3) is 0.550. The molecule has 1 aliphatic rings. The lowest BCUT2D eigenvalue weighted by Crippen LogP contribution is -2.49. The molecule has 1 fully saturated rings. The largest absolute Gasteiger partial charge is 0.385 e. The number of nitrogens with zero attached hydrogens (tertiary/aromatic N) is 2. The average Bonchev–Trinajstić information content (AvgIpc) is 2.66. The molecule has 1 aromatic carbocycles. The Hall–Kier alpha value is -1.69. The standard InChI is InChI=1S/C20H31N3O2/c1-25-18-6-11-21-12-10-20(24)23-16-14-22(15-17-23)13-5-9-19-7-3-2-4-8-19/h2-5,7-9,21H,6,10-18H2,1H3/b9-5+. The Labute approximate surface area is 151 Å². The first-order chi connectivity index (χ1) is 12.3. The lowest BCUT2D eigenvalue weighted by Gasteiger charge is -2.34. The van der Waals surface area contributed by atoms with E-state index in [1.54, 1.807) is 7.11 Å². The molecule has 0 unspecified atom stereocenters. The van der Waals surface area contributed by atoms with Crippen molar-refractivity contribution >= 4 is 12.0 Å². The first-order valence-electron chi connectivity index (χ1n) is 9.21. The first kappa shape index (κ1) is 19.6. The summed E-state index contributed by atoms with van der Waals surface area (Å²) in [7, 11) is 1.71. The van der Waals surface area contributed by atoms with Gasteiger partial charge in [-0.15, -0.1) is 0 Å². The van der Waals surface area contributed by atoms with E-state index in [4.69, 9.17) is 4.74 Å². The number of methoxy groups -OCH3 is 1. The minimum Gasteiger partial charge on any atom is -0.385 e. The zero-order chi connectivity index (χ0) is 17.7. The van der Waals surface area contributed by atoms with Crippen molar-refractivity contribution in [3.8, 4) is 0 Å². The third-order valence-corrected chi connectivity index (χ3v) is 4.42. The molecule has 138 valence electrons. The van der Waals surface area contributed by atoms with Crippen LogP contribution in [0.15, 0.2) is 36.4 Å². The van der Waals surface area contributed by atoms with Crippen molar-refractivity contribution in [3.05, 3.63) is 42.0 Å². The number of hydrogen-bond acceptors (Lipinski definition) is 4. The number of hydrogen-bond donors (Lipinski definition) is 1. The highest BCUT2D eigenvalue weighted by Gasteiger charge is 2.19. The number of rotatable bonds is 10. The minimum atomic E-state index is 0.263. The van der Waals surface area contributed by atoms with Gasteiger partial charge in [0.15, 0.2) is 0 Å². The Morgan fingerprint density at radius 1 is 1.16 bits per heavy atom. The number of piperazine rings is 1. The quantitative estimate of drug-likeness (QED) is 0.658. The zero-order valence-corrected chi connectivity index (χ0v) is 15.3.